The molecule has 68 valence electrons. The molecule has 0 atom stereocenters. The number of hydrogen-bond donors (Lipinski definition) is 2. The SMILES string of the molecule is O=CC=CCNc1ccccc1O. The summed E-state index contributed by atoms with van der Waals surface area (Å²) in [5, 5.41) is 12.3. The van der Waals surface area contributed by atoms with Crippen LogP contribution in [0.5, 0.6) is 5.75 Å². The Hall–Kier alpha value is -1.77. The van der Waals surface area contributed by atoms with Gasteiger partial charge in [0.2, 0.25) is 0 Å². The highest BCUT2D eigenvalue weighted by Gasteiger charge is 1.94. The predicted molar refractivity (Wildman–Crippen MR) is 51.8 cm³/mol. The summed E-state index contributed by atoms with van der Waals surface area (Å²) in [5.41, 5.74) is 0.665. The standard InChI is InChI=1S/C10H11NO2/c12-8-4-3-7-11-9-5-1-2-6-10(9)13/h1-6,8,11,13H,7H2. The van der Waals surface area contributed by atoms with E-state index in [0.717, 1.165) is 0 Å². The van der Waals surface area contributed by atoms with E-state index in [-0.39, 0.29) is 5.75 Å². The van der Waals surface area contributed by atoms with Gasteiger partial charge in [0.1, 0.15) is 12.0 Å². The Labute approximate surface area is 76.7 Å². The van der Waals surface area contributed by atoms with Gasteiger partial charge in [-0.3, -0.25) is 4.79 Å². The lowest BCUT2D eigenvalue weighted by molar-refractivity contribution is -0.104. The Morgan fingerprint density at radius 3 is 2.85 bits per heavy atom. The molecular formula is C10H11NO2. The van der Waals surface area contributed by atoms with E-state index in [9.17, 15) is 9.90 Å². The van der Waals surface area contributed by atoms with Gasteiger partial charge in [-0.2, -0.15) is 0 Å². The summed E-state index contributed by atoms with van der Waals surface area (Å²) in [7, 11) is 0. The normalized spacial score (nSPS) is 10.2. The van der Waals surface area contributed by atoms with Crippen LogP contribution in [-0.4, -0.2) is 17.9 Å². The molecule has 0 unspecified atom stereocenters. The molecule has 0 aromatic heterocycles. The van der Waals surface area contributed by atoms with Gasteiger partial charge < -0.3 is 10.4 Å². The molecule has 0 aliphatic carbocycles. The number of para-hydroxylation sites is 2. The molecule has 1 rings (SSSR count). The summed E-state index contributed by atoms with van der Waals surface area (Å²) in [6.07, 6.45) is 3.80. The number of carbonyl (C=O) groups excluding carboxylic acids is 1. The van der Waals surface area contributed by atoms with Crippen molar-refractivity contribution in [3.05, 3.63) is 36.4 Å². The third kappa shape index (κ3) is 2.99. The zero-order valence-electron chi connectivity index (χ0n) is 7.10. The molecule has 0 spiro atoms. The average Bonchev–Trinajstić information content (AvgIpc) is 2.15. The molecule has 1 aromatic carbocycles. The van der Waals surface area contributed by atoms with Crippen LogP contribution < -0.4 is 5.32 Å². The van der Waals surface area contributed by atoms with Crippen LogP contribution in [0, 0.1) is 0 Å². The number of aldehydes is 1. The summed E-state index contributed by atoms with van der Waals surface area (Å²) in [4.78, 5) is 9.92. The highest BCUT2D eigenvalue weighted by atomic mass is 16.3. The number of rotatable bonds is 4. The molecule has 0 amide bonds. The lowest BCUT2D eigenvalue weighted by Gasteiger charge is -2.04. The van der Waals surface area contributed by atoms with Crippen molar-refractivity contribution in [1.29, 1.82) is 0 Å². The number of nitrogens with one attached hydrogen (secondary N) is 1. The quantitative estimate of drug-likeness (QED) is 0.417. The number of aromatic hydroxyl groups is 1. The summed E-state index contributed by atoms with van der Waals surface area (Å²) in [6, 6.07) is 6.95. The molecule has 13 heavy (non-hydrogen) atoms. The molecule has 0 fully saturated rings. The Bertz CT molecular complexity index is 308. The van der Waals surface area contributed by atoms with Crippen molar-refractivity contribution in [2.24, 2.45) is 0 Å². The maximum Gasteiger partial charge on any atom is 0.142 e. The van der Waals surface area contributed by atoms with Crippen molar-refractivity contribution in [3.63, 3.8) is 0 Å². The minimum atomic E-state index is 0.210. The fourth-order valence-electron chi connectivity index (χ4n) is 0.916. The van der Waals surface area contributed by atoms with E-state index < -0.39 is 0 Å². The van der Waals surface area contributed by atoms with Gasteiger partial charge in [0.25, 0.3) is 0 Å². The van der Waals surface area contributed by atoms with Gasteiger partial charge in [0, 0.05) is 6.54 Å². The Morgan fingerprint density at radius 2 is 2.15 bits per heavy atom. The second-order valence-electron chi connectivity index (χ2n) is 2.46. The van der Waals surface area contributed by atoms with E-state index in [0.29, 0.717) is 18.5 Å². The van der Waals surface area contributed by atoms with E-state index in [2.05, 4.69) is 5.32 Å². The fraction of sp³-hybridized carbons (Fsp3) is 0.100. The van der Waals surface area contributed by atoms with Crippen LogP contribution >= 0.6 is 0 Å². The summed E-state index contributed by atoms with van der Waals surface area (Å²) in [6.45, 7) is 0.524. The van der Waals surface area contributed by atoms with Crippen molar-refractivity contribution in [1.82, 2.24) is 0 Å². The second kappa shape index (κ2) is 4.98. The van der Waals surface area contributed by atoms with Crippen molar-refractivity contribution < 1.29 is 9.90 Å². The highest BCUT2D eigenvalue weighted by molar-refractivity contribution is 5.65. The molecule has 1 aromatic rings. The van der Waals surface area contributed by atoms with Gasteiger partial charge in [-0.05, 0) is 18.2 Å². The molecule has 0 radical (unpaired) electrons. The third-order valence-electron chi connectivity index (χ3n) is 1.53. The van der Waals surface area contributed by atoms with Crippen LogP contribution in [0.2, 0.25) is 0 Å². The monoisotopic (exact) mass is 177 g/mol. The molecule has 0 saturated carbocycles. The first kappa shape index (κ1) is 9.32. The number of hydrogen-bond acceptors (Lipinski definition) is 3. The zero-order chi connectivity index (χ0) is 9.52. The lowest BCUT2D eigenvalue weighted by atomic mass is 10.3. The third-order valence-corrected chi connectivity index (χ3v) is 1.53. The van der Waals surface area contributed by atoms with Crippen LogP contribution in [0.3, 0.4) is 0 Å². The van der Waals surface area contributed by atoms with Gasteiger partial charge in [-0.15, -0.1) is 0 Å². The summed E-state index contributed by atoms with van der Waals surface area (Å²) in [5.74, 6) is 0.210. The van der Waals surface area contributed by atoms with E-state index in [1.807, 2.05) is 6.07 Å². The second-order valence-corrected chi connectivity index (χ2v) is 2.46. The van der Waals surface area contributed by atoms with Crippen LogP contribution in [0.25, 0.3) is 0 Å². The molecule has 3 nitrogen and oxygen atoms in total. The fourth-order valence-corrected chi connectivity index (χ4v) is 0.916. The van der Waals surface area contributed by atoms with Crippen molar-refractivity contribution in [3.8, 4) is 5.75 Å². The summed E-state index contributed by atoms with van der Waals surface area (Å²) >= 11 is 0. The number of benzene rings is 1. The molecular weight excluding hydrogens is 166 g/mol. The number of phenolic OH excluding ortho intramolecular Hbond substituents is 1. The maximum atomic E-state index is 9.92. The molecule has 0 bridgehead atoms. The first-order valence-electron chi connectivity index (χ1n) is 3.97. The number of phenols is 1. The van der Waals surface area contributed by atoms with Gasteiger partial charge in [-0.25, -0.2) is 0 Å². The first-order chi connectivity index (χ1) is 6.34. The minimum absolute atomic E-state index is 0.210. The number of allylic oxidation sites excluding steroid dienone is 1. The highest BCUT2D eigenvalue weighted by Crippen LogP contribution is 2.20. The van der Waals surface area contributed by atoms with Crippen molar-refractivity contribution in [2.45, 2.75) is 0 Å². The molecule has 0 saturated heterocycles. The molecule has 3 heteroatoms. The smallest absolute Gasteiger partial charge is 0.142 e. The van der Waals surface area contributed by atoms with Crippen LogP contribution in [-0.2, 0) is 4.79 Å². The van der Waals surface area contributed by atoms with Gasteiger partial charge in [0.15, 0.2) is 0 Å². The average molecular weight is 177 g/mol. The van der Waals surface area contributed by atoms with Gasteiger partial charge >= 0.3 is 0 Å². The Morgan fingerprint density at radius 1 is 1.38 bits per heavy atom. The zero-order valence-corrected chi connectivity index (χ0v) is 7.10. The summed E-state index contributed by atoms with van der Waals surface area (Å²) < 4.78 is 0. The topological polar surface area (TPSA) is 49.3 Å². The van der Waals surface area contributed by atoms with Gasteiger partial charge in [0.05, 0.1) is 5.69 Å². The number of carbonyl (C=O) groups is 1. The van der Waals surface area contributed by atoms with Crippen molar-refractivity contribution >= 4 is 12.0 Å². The lowest BCUT2D eigenvalue weighted by Crippen LogP contribution is -1.97. The van der Waals surface area contributed by atoms with E-state index in [1.165, 1.54) is 6.08 Å². The predicted octanol–water partition coefficient (Wildman–Crippen LogP) is 1.56. The van der Waals surface area contributed by atoms with E-state index in [4.69, 9.17) is 0 Å². The Kier molecular flexibility index (Phi) is 3.57. The van der Waals surface area contributed by atoms with E-state index in [1.54, 1.807) is 24.3 Å². The van der Waals surface area contributed by atoms with Crippen LogP contribution in [0.1, 0.15) is 0 Å². The van der Waals surface area contributed by atoms with E-state index >= 15 is 0 Å². The number of anilines is 1. The maximum absolute atomic E-state index is 9.92. The van der Waals surface area contributed by atoms with Gasteiger partial charge in [-0.1, -0.05) is 18.2 Å². The molecule has 0 heterocycles. The minimum Gasteiger partial charge on any atom is -0.506 e. The van der Waals surface area contributed by atoms with Crippen molar-refractivity contribution in [2.75, 3.05) is 11.9 Å². The molecule has 2 N–H and O–H groups in total. The first-order valence-corrected chi connectivity index (χ1v) is 3.97. The molecule has 0 aliphatic heterocycles. The van der Waals surface area contributed by atoms with Crippen LogP contribution in [0.4, 0.5) is 5.69 Å². The Balaban J connectivity index is 2.49. The van der Waals surface area contributed by atoms with Crippen LogP contribution in [0.15, 0.2) is 36.4 Å². The molecule has 0 aliphatic rings. The largest absolute Gasteiger partial charge is 0.506 e.